The summed E-state index contributed by atoms with van der Waals surface area (Å²) < 4.78 is 6.35. The molecule has 0 aromatic heterocycles. The summed E-state index contributed by atoms with van der Waals surface area (Å²) in [5.74, 6) is 1.02. The zero-order chi connectivity index (χ0) is 10.0. The fourth-order valence-electron chi connectivity index (χ4n) is 1.34. The van der Waals surface area contributed by atoms with E-state index < -0.39 is 0 Å². The largest absolute Gasteiger partial charge is 0.496 e. The Morgan fingerprint density at radius 3 is 2.46 bits per heavy atom. The quantitative estimate of drug-likeness (QED) is 0.461. The standard InChI is InChI=1S/C10H12IOSi/c1-6-7(2)10(12-3)8(5-11)4-9(6)13/h4H,5H2,1-3H3. The summed E-state index contributed by atoms with van der Waals surface area (Å²) >= 11 is 2.35. The molecule has 1 aromatic rings. The molecule has 0 saturated heterocycles. The van der Waals surface area contributed by atoms with E-state index in [1.165, 1.54) is 16.7 Å². The zero-order valence-corrected chi connectivity index (χ0v) is 11.2. The Labute approximate surface area is 96.4 Å². The minimum atomic E-state index is 0.972. The van der Waals surface area contributed by atoms with E-state index in [1.54, 1.807) is 7.11 Å². The molecular weight excluding hydrogens is 291 g/mol. The van der Waals surface area contributed by atoms with Crippen LogP contribution < -0.4 is 9.92 Å². The highest BCUT2D eigenvalue weighted by atomic mass is 127. The fourth-order valence-corrected chi connectivity index (χ4v) is 2.27. The molecule has 1 nitrogen and oxygen atoms in total. The molecule has 0 atom stereocenters. The maximum atomic E-state index is 5.38. The van der Waals surface area contributed by atoms with Gasteiger partial charge in [0, 0.05) is 9.99 Å². The van der Waals surface area contributed by atoms with Gasteiger partial charge in [-0.25, -0.2) is 0 Å². The summed E-state index contributed by atoms with van der Waals surface area (Å²) in [5.41, 5.74) is 3.72. The van der Waals surface area contributed by atoms with Gasteiger partial charge in [-0.1, -0.05) is 33.8 Å². The molecule has 0 amide bonds. The number of methoxy groups -OCH3 is 1. The van der Waals surface area contributed by atoms with E-state index in [2.05, 4.69) is 52.7 Å². The van der Waals surface area contributed by atoms with E-state index >= 15 is 0 Å². The van der Waals surface area contributed by atoms with Gasteiger partial charge in [-0.05, 0) is 25.0 Å². The molecule has 0 N–H and O–H groups in total. The summed E-state index contributed by atoms with van der Waals surface area (Å²) in [6.45, 7) is 4.19. The smallest absolute Gasteiger partial charge is 0.125 e. The molecule has 0 heterocycles. The Hall–Kier alpha value is -0.0331. The van der Waals surface area contributed by atoms with E-state index in [-0.39, 0.29) is 0 Å². The molecule has 0 unspecified atom stereocenters. The lowest BCUT2D eigenvalue weighted by atomic mass is 10.1. The van der Waals surface area contributed by atoms with Crippen LogP contribution in [0.3, 0.4) is 0 Å². The first-order valence-electron chi connectivity index (χ1n) is 4.06. The van der Waals surface area contributed by atoms with Crippen LogP contribution in [0.4, 0.5) is 0 Å². The van der Waals surface area contributed by atoms with Crippen molar-refractivity contribution >= 4 is 38.0 Å². The molecule has 1 aromatic carbocycles. The number of ether oxygens (including phenoxy) is 1. The number of hydrogen-bond acceptors (Lipinski definition) is 1. The van der Waals surface area contributed by atoms with Crippen LogP contribution in [0, 0.1) is 13.8 Å². The van der Waals surface area contributed by atoms with Crippen LogP contribution in [0.25, 0.3) is 0 Å². The summed E-state index contributed by atoms with van der Waals surface area (Å²) in [6, 6.07) is 2.13. The molecule has 0 fully saturated rings. The minimum Gasteiger partial charge on any atom is -0.496 e. The van der Waals surface area contributed by atoms with E-state index in [0.29, 0.717) is 0 Å². The molecule has 0 aliphatic carbocycles. The van der Waals surface area contributed by atoms with Gasteiger partial charge in [0.2, 0.25) is 0 Å². The van der Waals surface area contributed by atoms with Gasteiger partial charge in [0.25, 0.3) is 0 Å². The van der Waals surface area contributed by atoms with Crippen LogP contribution in [0.5, 0.6) is 5.75 Å². The van der Waals surface area contributed by atoms with Crippen LogP contribution in [0.1, 0.15) is 16.7 Å². The average Bonchev–Trinajstić information content (AvgIpc) is 2.13. The van der Waals surface area contributed by atoms with Crippen molar-refractivity contribution in [3.8, 4) is 5.75 Å². The van der Waals surface area contributed by atoms with Crippen molar-refractivity contribution in [1.29, 1.82) is 0 Å². The van der Waals surface area contributed by atoms with E-state index in [1.807, 2.05) is 0 Å². The van der Waals surface area contributed by atoms with Gasteiger partial charge in [0.15, 0.2) is 0 Å². The predicted molar refractivity (Wildman–Crippen MR) is 65.6 cm³/mol. The topological polar surface area (TPSA) is 9.23 Å². The van der Waals surface area contributed by atoms with Gasteiger partial charge in [-0.2, -0.15) is 0 Å². The van der Waals surface area contributed by atoms with Gasteiger partial charge in [-0.15, -0.1) is 0 Å². The average molecular weight is 303 g/mol. The summed E-state index contributed by atoms with van der Waals surface area (Å²) in [5, 5.41) is 1.16. The highest BCUT2D eigenvalue weighted by molar-refractivity contribution is 14.1. The normalized spacial score (nSPS) is 10.2. The molecule has 3 radical (unpaired) electrons. The van der Waals surface area contributed by atoms with Gasteiger partial charge < -0.3 is 4.74 Å². The van der Waals surface area contributed by atoms with Crippen LogP contribution in [0.2, 0.25) is 0 Å². The molecule has 0 saturated carbocycles. The Balaban J connectivity index is 3.39. The van der Waals surface area contributed by atoms with Crippen molar-refractivity contribution in [3.05, 3.63) is 22.8 Å². The maximum Gasteiger partial charge on any atom is 0.125 e. The van der Waals surface area contributed by atoms with Crippen LogP contribution in [-0.4, -0.2) is 17.4 Å². The van der Waals surface area contributed by atoms with E-state index in [4.69, 9.17) is 4.74 Å². The lowest BCUT2D eigenvalue weighted by Gasteiger charge is -2.14. The Morgan fingerprint density at radius 2 is 2.00 bits per heavy atom. The molecule has 13 heavy (non-hydrogen) atoms. The lowest BCUT2D eigenvalue weighted by Crippen LogP contribution is -2.11. The number of rotatable bonds is 2. The first kappa shape index (κ1) is 11.0. The third-order valence-corrected chi connectivity index (χ3v) is 3.61. The summed E-state index contributed by atoms with van der Waals surface area (Å²) in [7, 11) is 5.32. The van der Waals surface area contributed by atoms with Gasteiger partial charge >= 0.3 is 0 Å². The van der Waals surface area contributed by atoms with E-state index in [0.717, 1.165) is 15.4 Å². The maximum absolute atomic E-state index is 5.38. The molecule has 0 spiro atoms. The zero-order valence-electron chi connectivity index (χ0n) is 8.07. The highest BCUT2D eigenvalue weighted by Gasteiger charge is 2.09. The summed E-state index contributed by atoms with van der Waals surface area (Å²) in [6.07, 6.45) is 0. The van der Waals surface area contributed by atoms with Gasteiger partial charge in [-0.3, -0.25) is 0 Å². The number of benzene rings is 1. The summed E-state index contributed by atoms with van der Waals surface area (Å²) in [4.78, 5) is 0. The second-order valence-electron chi connectivity index (χ2n) is 3.00. The third-order valence-electron chi connectivity index (χ3n) is 2.27. The SMILES string of the molecule is COc1c(CI)cc([Si])c(C)c1C. The predicted octanol–water partition coefficient (Wildman–Crippen LogP) is 2.04. The van der Waals surface area contributed by atoms with Crippen molar-refractivity contribution < 1.29 is 4.74 Å². The molecule has 0 aliphatic rings. The molecule has 0 bridgehead atoms. The monoisotopic (exact) mass is 303 g/mol. The number of alkyl halides is 1. The first-order chi connectivity index (χ1) is 6.11. The van der Waals surface area contributed by atoms with Crippen LogP contribution >= 0.6 is 22.6 Å². The highest BCUT2D eigenvalue weighted by Crippen LogP contribution is 2.26. The fraction of sp³-hybridized carbons (Fsp3) is 0.400. The minimum absolute atomic E-state index is 0.972. The lowest BCUT2D eigenvalue weighted by molar-refractivity contribution is 0.408. The van der Waals surface area contributed by atoms with Gasteiger partial charge in [0.1, 0.15) is 5.75 Å². The van der Waals surface area contributed by atoms with Crippen LogP contribution in [-0.2, 0) is 4.43 Å². The molecule has 3 heteroatoms. The molecule has 1 rings (SSSR count). The first-order valence-corrected chi connectivity index (χ1v) is 6.09. The molecule has 69 valence electrons. The molecule has 0 aliphatic heterocycles. The van der Waals surface area contributed by atoms with E-state index in [9.17, 15) is 0 Å². The third kappa shape index (κ3) is 2.07. The van der Waals surface area contributed by atoms with Crippen molar-refractivity contribution in [3.63, 3.8) is 0 Å². The molecular formula is C10H12IOSi. The second kappa shape index (κ2) is 4.46. The second-order valence-corrected chi connectivity index (χ2v) is 4.30. The Bertz CT molecular complexity index is 323. The van der Waals surface area contributed by atoms with Crippen molar-refractivity contribution in [1.82, 2.24) is 0 Å². The number of halogens is 1. The van der Waals surface area contributed by atoms with Crippen LogP contribution in [0.15, 0.2) is 6.07 Å². The number of hydrogen-bond donors (Lipinski definition) is 0. The van der Waals surface area contributed by atoms with Crippen molar-refractivity contribution in [2.24, 2.45) is 0 Å². The Kier molecular flexibility index (Phi) is 3.79. The van der Waals surface area contributed by atoms with Gasteiger partial charge in [0.05, 0.1) is 17.4 Å². The van der Waals surface area contributed by atoms with Crippen molar-refractivity contribution in [2.45, 2.75) is 18.3 Å². The Morgan fingerprint density at radius 1 is 1.38 bits per heavy atom. The van der Waals surface area contributed by atoms with Crippen molar-refractivity contribution in [2.75, 3.05) is 7.11 Å².